The van der Waals surface area contributed by atoms with Gasteiger partial charge in [-0.25, -0.2) is 4.99 Å². The van der Waals surface area contributed by atoms with Crippen molar-refractivity contribution >= 4 is 35.1 Å². The molecule has 0 heterocycles. The van der Waals surface area contributed by atoms with Crippen LogP contribution in [0.3, 0.4) is 0 Å². The first-order valence-electron chi connectivity index (χ1n) is 5.96. The van der Waals surface area contributed by atoms with Crippen molar-refractivity contribution in [3.63, 3.8) is 0 Å². The summed E-state index contributed by atoms with van der Waals surface area (Å²) in [6, 6.07) is 18.2. The molecule has 2 aromatic carbocycles. The van der Waals surface area contributed by atoms with Crippen LogP contribution in [-0.4, -0.2) is 5.04 Å². The largest absolute Gasteiger partial charge is 0.242 e. The molecule has 0 fully saturated rings. The summed E-state index contributed by atoms with van der Waals surface area (Å²) in [5, 5.41) is 2.70. The second-order valence-electron chi connectivity index (χ2n) is 4.04. The van der Waals surface area contributed by atoms with E-state index in [0.29, 0.717) is 5.04 Å². The number of thiol groups is 1. The minimum atomic E-state index is 0.700. The second-order valence-corrected chi connectivity index (χ2v) is 5.48. The van der Waals surface area contributed by atoms with Crippen LogP contribution >= 0.6 is 24.4 Å². The first-order valence-corrected chi connectivity index (χ1v) is 7.29. The number of aryl methyl sites for hydroxylation is 1. The van der Waals surface area contributed by atoms with Crippen molar-refractivity contribution in [1.82, 2.24) is 0 Å². The third-order valence-corrected chi connectivity index (χ3v) is 3.51. The van der Waals surface area contributed by atoms with E-state index in [2.05, 4.69) is 48.8 Å². The molecule has 0 atom stereocenters. The van der Waals surface area contributed by atoms with Crippen LogP contribution in [0.2, 0.25) is 0 Å². The number of rotatable bonds is 4. The van der Waals surface area contributed by atoms with E-state index in [-0.39, 0.29) is 0 Å². The van der Waals surface area contributed by atoms with Gasteiger partial charge in [0.2, 0.25) is 0 Å². The molecule has 3 heteroatoms. The number of thioether (sulfide) groups is 1. The van der Waals surface area contributed by atoms with Crippen LogP contribution in [0.4, 0.5) is 5.69 Å². The number of aliphatic imine (C=N–C) groups is 1. The van der Waals surface area contributed by atoms with Crippen molar-refractivity contribution in [1.29, 1.82) is 0 Å². The van der Waals surface area contributed by atoms with Crippen LogP contribution in [0.5, 0.6) is 0 Å². The molecule has 0 spiro atoms. The monoisotopic (exact) mass is 285 g/mol. The fourth-order valence-electron chi connectivity index (χ4n) is 1.46. The normalized spacial score (nSPS) is 12.0. The van der Waals surface area contributed by atoms with Gasteiger partial charge in [-0.2, -0.15) is 0 Å². The van der Waals surface area contributed by atoms with Crippen molar-refractivity contribution < 1.29 is 0 Å². The maximum atomic E-state index is 4.39. The van der Waals surface area contributed by atoms with Crippen LogP contribution in [0.15, 0.2) is 76.0 Å². The number of hydrogen-bond acceptors (Lipinski definition) is 2. The molecule has 0 saturated carbocycles. The summed E-state index contributed by atoms with van der Waals surface area (Å²) in [6.07, 6.45) is 1.90. The molecule has 0 radical (unpaired) electrons. The Hall–Kier alpha value is -1.45. The summed E-state index contributed by atoms with van der Waals surface area (Å²) in [4.78, 5) is 5.60. The van der Waals surface area contributed by atoms with Gasteiger partial charge >= 0.3 is 0 Å². The fourth-order valence-corrected chi connectivity index (χ4v) is 2.40. The standard InChI is InChI=1S/C16H15NS2/c1-13-7-9-15(10-8-13)19-12-11-16(18)17-14-5-3-2-4-6-14/h2-12H,1H3,(H,17,18). The first kappa shape index (κ1) is 14.0. The van der Waals surface area contributed by atoms with Gasteiger partial charge in [0, 0.05) is 4.90 Å². The molecule has 2 aromatic rings. The highest BCUT2D eigenvalue weighted by Gasteiger charge is 1.91. The van der Waals surface area contributed by atoms with E-state index in [0.717, 1.165) is 5.69 Å². The Bertz CT molecular complexity index is 571. The quantitative estimate of drug-likeness (QED) is 0.350. The smallest absolute Gasteiger partial charge is 0.0941 e. The molecule has 0 aliphatic carbocycles. The second kappa shape index (κ2) is 7.22. The zero-order valence-electron chi connectivity index (χ0n) is 10.7. The summed E-state index contributed by atoms with van der Waals surface area (Å²) in [5.74, 6) is 0. The van der Waals surface area contributed by atoms with Gasteiger partial charge in [0.1, 0.15) is 0 Å². The van der Waals surface area contributed by atoms with Gasteiger partial charge in [-0.15, -0.1) is 12.6 Å². The highest BCUT2D eigenvalue weighted by Crippen LogP contribution is 2.20. The molecule has 0 unspecified atom stereocenters. The van der Waals surface area contributed by atoms with Gasteiger partial charge < -0.3 is 0 Å². The van der Waals surface area contributed by atoms with E-state index < -0.39 is 0 Å². The summed E-state index contributed by atoms with van der Waals surface area (Å²) in [7, 11) is 0. The Balaban J connectivity index is 1.95. The molecular weight excluding hydrogens is 270 g/mol. The predicted octanol–water partition coefficient (Wildman–Crippen LogP) is 5.26. The van der Waals surface area contributed by atoms with Crippen LogP contribution in [0.1, 0.15) is 5.56 Å². The Morgan fingerprint density at radius 2 is 1.74 bits per heavy atom. The lowest BCUT2D eigenvalue weighted by Gasteiger charge is -1.97. The van der Waals surface area contributed by atoms with E-state index in [9.17, 15) is 0 Å². The molecule has 0 bridgehead atoms. The van der Waals surface area contributed by atoms with E-state index >= 15 is 0 Å². The molecule has 0 amide bonds. The molecule has 0 aromatic heterocycles. The Kier molecular flexibility index (Phi) is 5.31. The van der Waals surface area contributed by atoms with Gasteiger partial charge in [0.15, 0.2) is 0 Å². The molecule has 2 rings (SSSR count). The summed E-state index contributed by atoms with van der Waals surface area (Å²) in [6.45, 7) is 2.09. The first-order chi connectivity index (χ1) is 9.24. The topological polar surface area (TPSA) is 12.4 Å². The van der Waals surface area contributed by atoms with Crippen LogP contribution in [-0.2, 0) is 0 Å². The minimum absolute atomic E-state index is 0.700. The molecule has 0 aliphatic rings. The van der Waals surface area contributed by atoms with E-state index in [1.807, 2.05) is 41.8 Å². The third kappa shape index (κ3) is 4.97. The summed E-state index contributed by atoms with van der Waals surface area (Å²) in [5.41, 5.74) is 2.19. The lowest BCUT2D eigenvalue weighted by Crippen LogP contribution is -1.78. The van der Waals surface area contributed by atoms with E-state index in [1.165, 1.54) is 10.5 Å². The number of hydrogen-bond donors (Lipinski definition) is 1. The Labute approximate surface area is 123 Å². The van der Waals surface area contributed by atoms with Gasteiger partial charge in [0.05, 0.1) is 10.7 Å². The number of nitrogens with zero attached hydrogens (tertiary/aromatic N) is 1. The van der Waals surface area contributed by atoms with E-state index in [1.54, 1.807) is 11.8 Å². The number of para-hydroxylation sites is 1. The predicted molar refractivity (Wildman–Crippen MR) is 88.7 cm³/mol. The van der Waals surface area contributed by atoms with E-state index in [4.69, 9.17) is 0 Å². The van der Waals surface area contributed by atoms with Gasteiger partial charge in [-0.1, -0.05) is 47.7 Å². The molecule has 1 nitrogen and oxygen atoms in total. The Morgan fingerprint density at radius 1 is 1.05 bits per heavy atom. The molecule has 0 N–H and O–H groups in total. The molecular formula is C16H15NS2. The lowest BCUT2D eigenvalue weighted by molar-refractivity contribution is 1.38. The van der Waals surface area contributed by atoms with Crippen molar-refractivity contribution in [3.05, 3.63) is 71.6 Å². The zero-order chi connectivity index (χ0) is 13.5. The lowest BCUT2D eigenvalue weighted by atomic mass is 10.2. The van der Waals surface area contributed by atoms with Crippen molar-refractivity contribution in [2.24, 2.45) is 4.99 Å². The molecule has 0 aliphatic heterocycles. The summed E-state index contributed by atoms with van der Waals surface area (Å²) >= 11 is 6.01. The molecule has 0 saturated heterocycles. The van der Waals surface area contributed by atoms with Gasteiger partial charge in [-0.3, -0.25) is 0 Å². The highest BCUT2D eigenvalue weighted by molar-refractivity contribution is 8.02. The van der Waals surface area contributed by atoms with Crippen LogP contribution in [0.25, 0.3) is 0 Å². The van der Waals surface area contributed by atoms with Gasteiger partial charge in [-0.05, 0) is 42.7 Å². The highest BCUT2D eigenvalue weighted by atomic mass is 32.2. The minimum Gasteiger partial charge on any atom is -0.242 e. The zero-order valence-corrected chi connectivity index (χ0v) is 12.4. The molecule has 96 valence electrons. The maximum absolute atomic E-state index is 4.39. The van der Waals surface area contributed by atoms with Crippen LogP contribution < -0.4 is 0 Å². The summed E-state index contributed by atoms with van der Waals surface area (Å²) < 4.78 is 0. The van der Waals surface area contributed by atoms with Crippen molar-refractivity contribution in [2.45, 2.75) is 11.8 Å². The van der Waals surface area contributed by atoms with Crippen molar-refractivity contribution in [2.75, 3.05) is 0 Å². The maximum Gasteiger partial charge on any atom is 0.0941 e. The van der Waals surface area contributed by atoms with Gasteiger partial charge in [0.25, 0.3) is 0 Å². The molecule has 19 heavy (non-hydrogen) atoms. The number of benzene rings is 2. The van der Waals surface area contributed by atoms with Crippen LogP contribution in [0, 0.1) is 6.92 Å². The third-order valence-electron chi connectivity index (χ3n) is 2.44. The average Bonchev–Trinajstić information content (AvgIpc) is 2.42. The Morgan fingerprint density at radius 3 is 2.42 bits per heavy atom. The average molecular weight is 285 g/mol. The fraction of sp³-hybridized carbons (Fsp3) is 0.0625. The SMILES string of the molecule is Cc1ccc(SC=CC(S)=Nc2ccccc2)cc1. The van der Waals surface area contributed by atoms with Crippen molar-refractivity contribution in [3.8, 4) is 0 Å².